The van der Waals surface area contributed by atoms with Gasteiger partial charge in [-0.05, 0) is 19.3 Å². The van der Waals surface area contributed by atoms with Crippen molar-refractivity contribution in [1.29, 1.82) is 0 Å². The van der Waals surface area contributed by atoms with Crippen LogP contribution in [0.25, 0.3) is 0 Å². The van der Waals surface area contributed by atoms with E-state index in [4.69, 9.17) is 5.11 Å². The van der Waals surface area contributed by atoms with Crippen molar-refractivity contribution >= 4 is 11.8 Å². The first kappa shape index (κ1) is 21.1. The van der Waals surface area contributed by atoms with Crippen LogP contribution in [-0.4, -0.2) is 28.9 Å². The van der Waals surface area contributed by atoms with Crippen LogP contribution < -0.4 is 5.32 Å². The molecule has 0 aliphatic heterocycles. The first-order valence-electron chi connectivity index (χ1n) is 8.79. The molecule has 0 bridgehead atoms. The number of rotatable bonds is 13. The van der Waals surface area contributed by atoms with Crippen LogP contribution >= 0.6 is 0 Å². The third-order valence-corrected chi connectivity index (χ3v) is 4.46. The minimum Gasteiger partial charge on any atom is -0.481 e. The maximum absolute atomic E-state index is 13.0. The Labute approximate surface area is 136 Å². The highest BCUT2D eigenvalue weighted by Crippen LogP contribution is 2.32. The van der Waals surface area contributed by atoms with Gasteiger partial charge in [-0.25, -0.2) is 0 Å². The number of nitrogens with one attached hydrogen (secondary N) is 1. The summed E-state index contributed by atoms with van der Waals surface area (Å²) in [6.45, 7) is 10.3. The number of hydrogen-bond acceptors (Lipinski definition) is 3. The molecule has 0 heterocycles. The molecule has 0 aliphatic rings. The predicted octanol–water partition coefficient (Wildman–Crippen LogP) is 4.17. The highest BCUT2D eigenvalue weighted by molar-refractivity contribution is 5.89. The second-order valence-electron chi connectivity index (χ2n) is 6.90. The third kappa shape index (κ3) is 7.92. The molecule has 0 aromatic carbocycles. The fourth-order valence-electron chi connectivity index (χ4n) is 2.80. The van der Waals surface area contributed by atoms with Crippen molar-refractivity contribution in [3.05, 3.63) is 0 Å². The molecule has 0 radical (unpaired) electrons. The molecule has 0 amide bonds. The second kappa shape index (κ2) is 10.8. The summed E-state index contributed by atoms with van der Waals surface area (Å²) in [7, 11) is 0. The van der Waals surface area contributed by atoms with Crippen molar-refractivity contribution in [3.8, 4) is 0 Å². The standard InChI is InChI=1S/C18H35NO3/c1-6-8-9-10-13-18(5,7-2)17(22)15(19-14(3)4)11-12-16(20)21/h14-15,19H,6-13H2,1-5H3,(H,20,21). The summed E-state index contributed by atoms with van der Waals surface area (Å²) in [6.07, 6.45) is 6.73. The van der Waals surface area contributed by atoms with Gasteiger partial charge in [-0.1, -0.05) is 60.3 Å². The number of hydrogen-bond donors (Lipinski definition) is 2. The van der Waals surface area contributed by atoms with Gasteiger partial charge in [-0.3, -0.25) is 9.59 Å². The number of unbranched alkanes of at least 4 members (excludes halogenated alkanes) is 3. The van der Waals surface area contributed by atoms with Gasteiger partial charge >= 0.3 is 5.97 Å². The van der Waals surface area contributed by atoms with E-state index in [0.717, 1.165) is 25.7 Å². The van der Waals surface area contributed by atoms with Crippen LogP contribution in [0.5, 0.6) is 0 Å². The topological polar surface area (TPSA) is 66.4 Å². The first-order valence-corrected chi connectivity index (χ1v) is 8.79. The zero-order chi connectivity index (χ0) is 17.2. The van der Waals surface area contributed by atoms with E-state index in [2.05, 4.69) is 19.2 Å². The minimum atomic E-state index is -0.843. The fraction of sp³-hybridized carbons (Fsp3) is 0.889. The van der Waals surface area contributed by atoms with Gasteiger partial charge in [-0.2, -0.15) is 0 Å². The van der Waals surface area contributed by atoms with E-state index >= 15 is 0 Å². The Balaban J connectivity index is 4.82. The number of carboxylic acids is 1. The summed E-state index contributed by atoms with van der Waals surface area (Å²) in [6, 6.07) is -0.184. The summed E-state index contributed by atoms with van der Waals surface area (Å²) in [5, 5.41) is 12.2. The van der Waals surface area contributed by atoms with Crippen molar-refractivity contribution < 1.29 is 14.7 Å². The van der Waals surface area contributed by atoms with E-state index in [1.807, 2.05) is 20.8 Å². The molecule has 0 fully saturated rings. The molecule has 0 saturated carbocycles. The van der Waals surface area contributed by atoms with Gasteiger partial charge < -0.3 is 10.4 Å². The lowest BCUT2D eigenvalue weighted by Crippen LogP contribution is -2.47. The minimum absolute atomic E-state index is 0.0335. The number of carbonyl (C=O) groups excluding carboxylic acids is 1. The molecule has 4 heteroatoms. The molecule has 0 aliphatic carbocycles. The van der Waals surface area contributed by atoms with Crippen molar-refractivity contribution in [2.45, 2.75) is 98.1 Å². The third-order valence-electron chi connectivity index (χ3n) is 4.46. The first-order chi connectivity index (χ1) is 10.3. The van der Waals surface area contributed by atoms with Crippen molar-refractivity contribution in [1.82, 2.24) is 5.32 Å². The summed E-state index contributed by atoms with van der Waals surface area (Å²) >= 11 is 0. The van der Waals surface area contributed by atoms with Gasteiger partial charge in [0.05, 0.1) is 6.04 Å². The Kier molecular flexibility index (Phi) is 10.3. The highest BCUT2D eigenvalue weighted by atomic mass is 16.4. The van der Waals surface area contributed by atoms with Gasteiger partial charge in [0.15, 0.2) is 5.78 Å². The molecule has 0 spiro atoms. The second-order valence-corrected chi connectivity index (χ2v) is 6.90. The Hall–Kier alpha value is -0.900. The number of aliphatic carboxylic acids is 1. The number of Topliss-reactive ketones (excluding diaryl/α,β-unsaturated/α-hetero) is 1. The Morgan fingerprint density at radius 3 is 2.23 bits per heavy atom. The Morgan fingerprint density at radius 2 is 1.77 bits per heavy atom. The Bertz CT molecular complexity index is 341. The van der Waals surface area contributed by atoms with E-state index < -0.39 is 5.97 Å². The lowest BCUT2D eigenvalue weighted by molar-refractivity contribution is -0.137. The van der Waals surface area contributed by atoms with Crippen molar-refractivity contribution in [2.75, 3.05) is 0 Å². The van der Waals surface area contributed by atoms with Crippen LogP contribution in [0, 0.1) is 5.41 Å². The number of carboxylic acid groups (broad SMARTS) is 1. The molecule has 130 valence electrons. The van der Waals surface area contributed by atoms with Crippen LogP contribution in [0.3, 0.4) is 0 Å². The van der Waals surface area contributed by atoms with Crippen molar-refractivity contribution in [3.63, 3.8) is 0 Å². The molecule has 0 aromatic rings. The van der Waals surface area contributed by atoms with Crippen LogP contribution in [0.4, 0.5) is 0 Å². The SMILES string of the molecule is CCCCCCC(C)(CC)C(=O)C(CCC(=O)O)NC(C)C. The van der Waals surface area contributed by atoms with Gasteiger partial charge in [0.2, 0.25) is 0 Å². The lowest BCUT2D eigenvalue weighted by Gasteiger charge is -2.32. The van der Waals surface area contributed by atoms with Crippen LogP contribution in [0.15, 0.2) is 0 Å². The maximum Gasteiger partial charge on any atom is 0.303 e. The van der Waals surface area contributed by atoms with Gasteiger partial charge in [0.25, 0.3) is 0 Å². The number of ketones is 1. The van der Waals surface area contributed by atoms with Crippen LogP contribution in [0.1, 0.15) is 86.0 Å². The zero-order valence-electron chi connectivity index (χ0n) is 15.1. The van der Waals surface area contributed by atoms with Crippen molar-refractivity contribution in [2.24, 2.45) is 5.41 Å². The summed E-state index contributed by atoms with van der Waals surface area (Å²) in [5.41, 5.74) is -0.348. The molecule has 22 heavy (non-hydrogen) atoms. The van der Waals surface area contributed by atoms with E-state index in [1.165, 1.54) is 12.8 Å². The molecular weight excluding hydrogens is 278 g/mol. The fourth-order valence-corrected chi connectivity index (χ4v) is 2.80. The highest BCUT2D eigenvalue weighted by Gasteiger charge is 2.35. The lowest BCUT2D eigenvalue weighted by atomic mass is 9.75. The van der Waals surface area contributed by atoms with Crippen LogP contribution in [0.2, 0.25) is 0 Å². The van der Waals surface area contributed by atoms with E-state index in [0.29, 0.717) is 6.42 Å². The normalized spacial score (nSPS) is 15.5. The average molecular weight is 313 g/mol. The van der Waals surface area contributed by atoms with Crippen LogP contribution in [-0.2, 0) is 9.59 Å². The summed E-state index contributed by atoms with van der Waals surface area (Å²) in [5.74, 6) is -0.661. The predicted molar refractivity (Wildman–Crippen MR) is 91.1 cm³/mol. The maximum atomic E-state index is 13.0. The quantitative estimate of drug-likeness (QED) is 0.501. The molecule has 2 atom stereocenters. The molecular formula is C18H35NO3. The monoisotopic (exact) mass is 313 g/mol. The average Bonchev–Trinajstić information content (AvgIpc) is 2.46. The summed E-state index contributed by atoms with van der Waals surface area (Å²) in [4.78, 5) is 23.8. The van der Waals surface area contributed by atoms with Gasteiger partial charge in [-0.15, -0.1) is 0 Å². The molecule has 0 saturated heterocycles. The molecule has 2 unspecified atom stereocenters. The zero-order valence-corrected chi connectivity index (χ0v) is 15.1. The Morgan fingerprint density at radius 1 is 1.14 bits per heavy atom. The molecule has 0 aromatic heterocycles. The largest absolute Gasteiger partial charge is 0.481 e. The molecule has 0 rings (SSSR count). The van der Waals surface area contributed by atoms with E-state index in [9.17, 15) is 9.59 Å². The molecule has 2 N–H and O–H groups in total. The smallest absolute Gasteiger partial charge is 0.303 e. The summed E-state index contributed by atoms with van der Waals surface area (Å²) < 4.78 is 0. The number of carbonyl (C=O) groups is 2. The van der Waals surface area contributed by atoms with Gasteiger partial charge in [0.1, 0.15) is 0 Å². The van der Waals surface area contributed by atoms with Gasteiger partial charge in [0, 0.05) is 17.9 Å². The van der Waals surface area contributed by atoms with E-state index in [1.54, 1.807) is 0 Å². The van der Waals surface area contributed by atoms with E-state index in [-0.39, 0.29) is 29.7 Å². The molecule has 4 nitrogen and oxygen atoms in total.